The van der Waals surface area contributed by atoms with Crippen LogP contribution < -0.4 is 0 Å². The van der Waals surface area contributed by atoms with Gasteiger partial charge in [0.25, 0.3) is 0 Å². The van der Waals surface area contributed by atoms with E-state index in [1.54, 1.807) is 0 Å². The monoisotopic (exact) mass is 203 g/mol. The van der Waals surface area contributed by atoms with Crippen LogP contribution in [0.4, 0.5) is 0 Å². The van der Waals surface area contributed by atoms with E-state index in [0.717, 1.165) is 17.1 Å². The predicted molar refractivity (Wildman–Crippen MR) is 56.7 cm³/mol. The second-order valence-electron chi connectivity index (χ2n) is 3.77. The number of rotatable bonds is 3. The van der Waals surface area contributed by atoms with Gasteiger partial charge in [0.2, 0.25) is 0 Å². The fraction of sp³-hybridized carbons (Fsp3) is 0.875. The van der Waals surface area contributed by atoms with Crippen molar-refractivity contribution in [3.05, 3.63) is 6.61 Å². The summed E-state index contributed by atoms with van der Waals surface area (Å²) >= 11 is 0. The Labute approximate surface area is 79.8 Å². The third kappa shape index (κ3) is 2.19. The molecule has 12 heavy (non-hydrogen) atoms. The lowest BCUT2D eigenvalue weighted by molar-refractivity contribution is -0.0219. The summed E-state index contributed by atoms with van der Waals surface area (Å²) in [6.45, 7) is 7.58. The van der Waals surface area contributed by atoms with Crippen molar-refractivity contribution in [1.82, 2.24) is 0 Å². The molecular formula is C8H19O2Si2. The molecule has 1 unspecified atom stereocenters. The fourth-order valence-corrected chi connectivity index (χ4v) is 4.03. The third-order valence-corrected chi connectivity index (χ3v) is 5.41. The Hall–Kier alpha value is 0.354. The van der Waals surface area contributed by atoms with E-state index in [2.05, 4.69) is 13.1 Å². The van der Waals surface area contributed by atoms with E-state index in [0.29, 0.717) is 0 Å². The molecule has 0 amide bonds. The lowest BCUT2D eigenvalue weighted by Crippen LogP contribution is -2.48. The van der Waals surface area contributed by atoms with Crippen LogP contribution in [0.3, 0.4) is 0 Å². The van der Waals surface area contributed by atoms with Gasteiger partial charge in [-0.1, -0.05) is 13.1 Å². The zero-order valence-electron chi connectivity index (χ0n) is 8.30. The summed E-state index contributed by atoms with van der Waals surface area (Å²) in [5, 5.41) is 0.0556. The highest BCUT2D eigenvalue weighted by molar-refractivity contribution is 6.59. The third-order valence-electron chi connectivity index (χ3n) is 2.63. The van der Waals surface area contributed by atoms with Gasteiger partial charge in [0.15, 0.2) is 0 Å². The van der Waals surface area contributed by atoms with Gasteiger partial charge < -0.3 is 9.16 Å². The molecule has 0 N–H and O–H groups in total. The van der Waals surface area contributed by atoms with Crippen molar-refractivity contribution >= 4 is 19.3 Å². The molecule has 71 valence electrons. The average Bonchev–Trinajstić information content (AvgIpc) is 2.06. The van der Waals surface area contributed by atoms with Gasteiger partial charge in [-0.3, -0.25) is 0 Å². The largest absolute Gasteiger partial charge is 0.420 e. The number of ether oxygens (including phenoxy) is 1. The summed E-state index contributed by atoms with van der Waals surface area (Å²) in [7, 11) is 0.00224. The molecule has 0 aromatic heterocycles. The van der Waals surface area contributed by atoms with Gasteiger partial charge >= 0.3 is 0 Å². The molecule has 1 rings (SSSR count). The van der Waals surface area contributed by atoms with Crippen molar-refractivity contribution in [2.24, 2.45) is 0 Å². The zero-order chi connectivity index (χ0) is 9.03. The first kappa shape index (κ1) is 10.4. The number of hydrogen-bond donors (Lipinski definition) is 0. The molecule has 1 aliphatic rings. The lowest BCUT2D eigenvalue weighted by atomic mass is 10.1. The van der Waals surface area contributed by atoms with Gasteiger partial charge in [0.05, 0.1) is 20.6 Å². The Morgan fingerprint density at radius 3 is 2.67 bits per heavy atom. The van der Waals surface area contributed by atoms with Gasteiger partial charge in [0.1, 0.15) is 10.5 Å². The van der Waals surface area contributed by atoms with Gasteiger partial charge in [-0.15, -0.1) is 0 Å². The molecule has 1 atom stereocenters. The van der Waals surface area contributed by atoms with Crippen molar-refractivity contribution in [2.45, 2.75) is 37.6 Å². The normalized spacial score (nSPS) is 31.2. The Balaban J connectivity index is 2.56. The minimum absolute atomic E-state index is 0.0556. The Bertz CT molecular complexity index is 128. The molecule has 1 radical (unpaired) electrons. The maximum Gasteiger partial charge on any atom is 0.146 e. The highest BCUT2D eigenvalue weighted by Crippen LogP contribution is 2.30. The molecule has 0 bridgehead atoms. The maximum absolute atomic E-state index is 5.87. The summed E-state index contributed by atoms with van der Waals surface area (Å²) in [5.74, 6) is 0. The van der Waals surface area contributed by atoms with Crippen molar-refractivity contribution in [3.8, 4) is 0 Å². The molecule has 4 heteroatoms. The molecule has 1 saturated heterocycles. The van der Waals surface area contributed by atoms with Crippen molar-refractivity contribution in [2.75, 3.05) is 6.61 Å². The first-order chi connectivity index (χ1) is 5.71. The molecule has 0 aromatic carbocycles. The van der Waals surface area contributed by atoms with Gasteiger partial charge in [-0.25, -0.2) is 0 Å². The quantitative estimate of drug-likeness (QED) is 0.619. The second-order valence-corrected chi connectivity index (χ2v) is 7.53. The van der Waals surface area contributed by atoms with Crippen molar-refractivity contribution in [3.63, 3.8) is 0 Å². The molecule has 0 aromatic rings. The van der Waals surface area contributed by atoms with Crippen molar-refractivity contribution < 1.29 is 9.16 Å². The van der Waals surface area contributed by atoms with Crippen LogP contribution in [0.5, 0.6) is 0 Å². The van der Waals surface area contributed by atoms with Crippen LogP contribution >= 0.6 is 0 Å². The first-order valence-electron chi connectivity index (χ1n) is 4.72. The highest BCUT2D eigenvalue weighted by Gasteiger charge is 2.37. The summed E-state index contributed by atoms with van der Waals surface area (Å²) < 4.78 is 11.1. The minimum atomic E-state index is -0.786. The summed E-state index contributed by atoms with van der Waals surface area (Å²) in [4.78, 5) is 0. The molecule has 0 saturated carbocycles. The maximum atomic E-state index is 5.87. The summed E-state index contributed by atoms with van der Waals surface area (Å²) in [6.07, 6.45) is 3.70. The SMILES string of the molecule is C[SiH](C)C1([CH]O[SiH3])CCCCO1. The van der Waals surface area contributed by atoms with Crippen LogP contribution in [0.15, 0.2) is 0 Å². The molecular weight excluding hydrogens is 184 g/mol. The van der Waals surface area contributed by atoms with Gasteiger partial charge in [-0.05, 0) is 19.3 Å². The molecule has 2 nitrogen and oxygen atoms in total. The molecule has 1 heterocycles. The Morgan fingerprint density at radius 1 is 1.50 bits per heavy atom. The van der Waals surface area contributed by atoms with Crippen LogP contribution in [-0.4, -0.2) is 31.1 Å². The minimum Gasteiger partial charge on any atom is -0.420 e. The smallest absolute Gasteiger partial charge is 0.146 e. The zero-order valence-corrected chi connectivity index (χ0v) is 11.5. The van der Waals surface area contributed by atoms with Gasteiger partial charge in [0, 0.05) is 6.61 Å². The first-order valence-corrected chi connectivity index (χ1v) is 8.43. The summed E-state index contributed by atoms with van der Waals surface area (Å²) in [5.41, 5.74) is 0. The van der Waals surface area contributed by atoms with Crippen LogP contribution in [-0.2, 0) is 9.16 Å². The van der Waals surface area contributed by atoms with E-state index in [1.165, 1.54) is 19.3 Å². The van der Waals surface area contributed by atoms with E-state index in [4.69, 9.17) is 9.16 Å². The van der Waals surface area contributed by atoms with E-state index in [9.17, 15) is 0 Å². The van der Waals surface area contributed by atoms with E-state index in [-0.39, 0.29) is 5.22 Å². The molecule has 0 aliphatic carbocycles. The van der Waals surface area contributed by atoms with Gasteiger partial charge in [-0.2, -0.15) is 0 Å². The number of hydrogen-bond acceptors (Lipinski definition) is 2. The Morgan fingerprint density at radius 2 is 2.25 bits per heavy atom. The molecule has 0 spiro atoms. The fourth-order valence-electron chi connectivity index (χ4n) is 1.72. The second kappa shape index (κ2) is 4.55. The summed E-state index contributed by atoms with van der Waals surface area (Å²) in [6, 6.07) is 0. The van der Waals surface area contributed by atoms with Crippen LogP contribution in [0.2, 0.25) is 13.1 Å². The van der Waals surface area contributed by atoms with Crippen molar-refractivity contribution in [1.29, 1.82) is 0 Å². The highest BCUT2D eigenvalue weighted by atomic mass is 28.3. The predicted octanol–water partition coefficient (Wildman–Crippen LogP) is 0.410. The van der Waals surface area contributed by atoms with Crippen LogP contribution in [0.1, 0.15) is 19.3 Å². The van der Waals surface area contributed by atoms with E-state index < -0.39 is 8.80 Å². The topological polar surface area (TPSA) is 18.5 Å². The standard InChI is InChI=1S/C8H19O2Si2/c1-12(2)8(7-10-11)5-3-4-6-9-8/h7,12H,3-6H2,1-2,11H3. The Kier molecular flexibility index (Phi) is 3.96. The van der Waals surface area contributed by atoms with E-state index >= 15 is 0 Å². The molecule has 1 aliphatic heterocycles. The van der Waals surface area contributed by atoms with E-state index in [1.807, 2.05) is 6.61 Å². The molecule has 1 fully saturated rings. The van der Waals surface area contributed by atoms with Crippen LogP contribution in [0.25, 0.3) is 0 Å². The van der Waals surface area contributed by atoms with Crippen LogP contribution in [0, 0.1) is 6.61 Å². The average molecular weight is 203 g/mol. The lowest BCUT2D eigenvalue weighted by Gasteiger charge is -2.39.